The van der Waals surface area contributed by atoms with E-state index in [1.165, 1.54) is 24.8 Å². The van der Waals surface area contributed by atoms with Crippen molar-refractivity contribution < 1.29 is 4.42 Å². The number of halogens is 1. The van der Waals surface area contributed by atoms with Crippen LogP contribution in [0.1, 0.15) is 42.5 Å². The summed E-state index contributed by atoms with van der Waals surface area (Å²) in [4.78, 5) is 11.4. The molecule has 2 N–H and O–H groups in total. The van der Waals surface area contributed by atoms with Gasteiger partial charge in [-0.2, -0.15) is 0 Å². The number of likely N-dealkylation sites (tertiary alicyclic amines) is 1. The first kappa shape index (κ1) is 24.3. The molecule has 1 aliphatic heterocycles. The molecule has 0 bridgehead atoms. The molecule has 32 heavy (non-hydrogen) atoms. The van der Waals surface area contributed by atoms with E-state index in [2.05, 4.69) is 60.4 Å². The van der Waals surface area contributed by atoms with Gasteiger partial charge < -0.3 is 19.6 Å². The van der Waals surface area contributed by atoms with Gasteiger partial charge in [0.1, 0.15) is 11.6 Å². The number of hydrogen-bond acceptors (Lipinski definition) is 4. The Hall–Kier alpha value is -2.33. The van der Waals surface area contributed by atoms with Gasteiger partial charge in [-0.1, -0.05) is 36.8 Å². The second-order valence-electron chi connectivity index (χ2n) is 7.89. The monoisotopic (exact) mass is 548 g/mol. The summed E-state index contributed by atoms with van der Waals surface area (Å²) < 4.78 is 7.91. The molecule has 1 fully saturated rings. The van der Waals surface area contributed by atoms with Crippen molar-refractivity contribution in [2.75, 3.05) is 26.7 Å². The van der Waals surface area contributed by atoms with Crippen molar-refractivity contribution in [3.05, 3.63) is 78.3 Å². The van der Waals surface area contributed by atoms with Crippen LogP contribution >= 0.6 is 24.0 Å². The number of imidazole rings is 1. The van der Waals surface area contributed by atoms with Crippen LogP contribution in [0.25, 0.3) is 0 Å². The van der Waals surface area contributed by atoms with E-state index in [4.69, 9.17) is 4.42 Å². The molecule has 3 heterocycles. The van der Waals surface area contributed by atoms with Crippen molar-refractivity contribution in [3.8, 4) is 0 Å². The van der Waals surface area contributed by atoms with Gasteiger partial charge in [-0.15, -0.1) is 24.0 Å². The summed E-state index contributed by atoms with van der Waals surface area (Å²) in [7, 11) is 1.80. The molecule has 1 atom stereocenters. The topological polar surface area (TPSA) is 70.6 Å². The summed E-state index contributed by atoms with van der Waals surface area (Å²) in [5, 5.41) is 6.89. The Bertz CT molecular complexity index is 935. The van der Waals surface area contributed by atoms with E-state index in [-0.39, 0.29) is 30.0 Å². The molecule has 1 unspecified atom stereocenters. The molecule has 1 saturated heterocycles. The summed E-state index contributed by atoms with van der Waals surface area (Å²) in [6, 6.07) is 14.7. The van der Waals surface area contributed by atoms with Crippen molar-refractivity contribution in [2.24, 2.45) is 4.99 Å². The van der Waals surface area contributed by atoms with Crippen LogP contribution in [-0.2, 0) is 13.1 Å². The van der Waals surface area contributed by atoms with Gasteiger partial charge in [-0.3, -0.25) is 9.89 Å². The molecule has 2 aromatic heterocycles. The van der Waals surface area contributed by atoms with Crippen molar-refractivity contribution in [1.82, 2.24) is 25.1 Å². The molecule has 3 aromatic rings. The minimum absolute atomic E-state index is 0. The summed E-state index contributed by atoms with van der Waals surface area (Å²) in [6.07, 6.45) is 9.42. The van der Waals surface area contributed by atoms with Crippen LogP contribution in [0.2, 0.25) is 0 Å². The van der Waals surface area contributed by atoms with E-state index in [0.717, 1.165) is 43.7 Å². The Balaban J connectivity index is 0.00000289. The highest BCUT2D eigenvalue weighted by molar-refractivity contribution is 14.0. The lowest BCUT2D eigenvalue weighted by molar-refractivity contribution is 0.146. The second-order valence-corrected chi connectivity index (χ2v) is 7.89. The zero-order valence-corrected chi connectivity index (χ0v) is 20.9. The lowest BCUT2D eigenvalue weighted by Gasteiger charge is -2.33. The van der Waals surface area contributed by atoms with Crippen molar-refractivity contribution in [1.29, 1.82) is 0 Å². The zero-order valence-electron chi connectivity index (χ0n) is 18.6. The maximum absolute atomic E-state index is 5.75. The van der Waals surface area contributed by atoms with E-state index < -0.39 is 0 Å². The molecule has 0 aliphatic carbocycles. The van der Waals surface area contributed by atoms with Crippen LogP contribution in [0.15, 0.2) is 70.5 Å². The zero-order chi connectivity index (χ0) is 21.3. The smallest absolute Gasteiger partial charge is 0.191 e. The van der Waals surface area contributed by atoms with Crippen LogP contribution in [0.4, 0.5) is 0 Å². The lowest BCUT2D eigenvalue weighted by Crippen LogP contribution is -2.44. The molecule has 7 nitrogen and oxygen atoms in total. The van der Waals surface area contributed by atoms with Gasteiger partial charge in [-0.25, -0.2) is 4.98 Å². The van der Waals surface area contributed by atoms with E-state index in [1.807, 2.05) is 24.5 Å². The normalized spacial score (nSPS) is 15.7. The fourth-order valence-corrected chi connectivity index (χ4v) is 4.13. The van der Waals surface area contributed by atoms with Gasteiger partial charge in [0.25, 0.3) is 0 Å². The van der Waals surface area contributed by atoms with E-state index in [1.54, 1.807) is 13.3 Å². The number of aliphatic imine (C=N–C) groups is 1. The van der Waals surface area contributed by atoms with Crippen molar-refractivity contribution in [3.63, 3.8) is 0 Å². The number of benzene rings is 1. The van der Waals surface area contributed by atoms with Gasteiger partial charge in [0.15, 0.2) is 5.96 Å². The largest absolute Gasteiger partial charge is 0.468 e. The molecule has 1 aromatic carbocycles. The summed E-state index contributed by atoms with van der Waals surface area (Å²) >= 11 is 0. The second kappa shape index (κ2) is 12.6. The number of hydrogen-bond donors (Lipinski definition) is 2. The van der Waals surface area contributed by atoms with Gasteiger partial charge in [-0.05, 0) is 43.6 Å². The highest BCUT2D eigenvalue weighted by atomic mass is 127. The fourth-order valence-electron chi connectivity index (χ4n) is 4.13. The Morgan fingerprint density at radius 1 is 1.09 bits per heavy atom. The summed E-state index contributed by atoms with van der Waals surface area (Å²) in [5.41, 5.74) is 1.26. The number of aromatic nitrogens is 2. The predicted octanol–water partition coefficient (Wildman–Crippen LogP) is 4.03. The first-order chi connectivity index (χ1) is 15.3. The molecular weight excluding hydrogens is 515 g/mol. The standard InChI is InChI=1S/C24H32N6O.HI/c1-25-24(27-17-21(22-11-8-16-31-22)29-13-6-3-7-14-29)28-18-23-26-12-15-30(23)19-20-9-4-2-5-10-20;/h2,4-5,8-12,15-16,21H,3,6-7,13-14,17-19H2,1H3,(H2,25,27,28);1H. The van der Waals surface area contributed by atoms with Gasteiger partial charge in [0, 0.05) is 32.5 Å². The van der Waals surface area contributed by atoms with Crippen molar-refractivity contribution >= 4 is 29.9 Å². The minimum Gasteiger partial charge on any atom is -0.468 e. The third kappa shape index (κ3) is 6.59. The van der Waals surface area contributed by atoms with Gasteiger partial charge in [0.05, 0.1) is 18.8 Å². The molecule has 8 heteroatoms. The van der Waals surface area contributed by atoms with E-state index in [9.17, 15) is 0 Å². The van der Waals surface area contributed by atoms with Gasteiger partial charge >= 0.3 is 0 Å². The summed E-state index contributed by atoms with van der Waals surface area (Å²) in [6.45, 7) is 4.37. The number of piperidine rings is 1. The SMILES string of the molecule is CN=C(NCc1nccn1Cc1ccccc1)NCC(c1ccco1)N1CCCCC1.I. The molecule has 1 aliphatic rings. The quantitative estimate of drug-likeness (QED) is 0.253. The van der Waals surface area contributed by atoms with Crippen LogP contribution in [0.3, 0.4) is 0 Å². The van der Waals surface area contributed by atoms with Crippen LogP contribution in [-0.4, -0.2) is 47.1 Å². The number of nitrogens with zero attached hydrogens (tertiary/aromatic N) is 4. The lowest BCUT2D eigenvalue weighted by atomic mass is 10.1. The minimum atomic E-state index is 0. The number of guanidine groups is 1. The third-order valence-corrected chi connectivity index (χ3v) is 5.80. The first-order valence-corrected chi connectivity index (χ1v) is 11.1. The average molecular weight is 548 g/mol. The molecule has 0 spiro atoms. The number of furan rings is 1. The number of nitrogens with one attached hydrogen (secondary N) is 2. The molecule has 0 saturated carbocycles. The highest BCUT2D eigenvalue weighted by Crippen LogP contribution is 2.24. The Labute approximate surface area is 207 Å². The first-order valence-electron chi connectivity index (χ1n) is 11.1. The predicted molar refractivity (Wildman–Crippen MR) is 138 cm³/mol. The van der Waals surface area contributed by atoms with Crippen LogP contribution in [0.5, 0.6) is 0 Å². The molecule has 4 rings (SSSR count). The van der Waals surface area contributed by atoms with E-state index in [0.29, 0.717) is 6.54 Å². The number of rotatable bonds is 8. The maximum Gasteiger partial charge on any atom is 0.191 e. The molecule has 0 amide bonds. The maximum atomic E-state index is 5.75. The van der Waals surface area contributed by atoms with Crippen LogP contribution in [0, 0.1) is 0 Å². The third-order valence-electron chi connectivity index (χ3n) is 5.80. The van der Waals surface area contributed by atoms with Gasteiger partial charge in [0.2, 0.25) is 0 Å². The average Bonchev–Trinajstić information content (AvgIpc) is 3.50. The molecular formula is C24H33IN6O. The van der Waals surface area contributed by atoms with Crippen LogP contribution < -0.4 is 10.6 Å². The summed E-state index contributed by atoms with van der Waals surface area (Å²) in [5.74, 6) is 2.75. The Morgan fingerprint density at radius 2 is 1.91 bits per heavy atom. The molecule has 172 valence electrons. The van der Waals surface area contributed by atoms with Crippen molar-refractivity contribution in [2.45, 2.75) is 38.4 Å². The Kier molecular flexibility index (Phi) is 9.61. The highest BCUT2D eigenvalue weighted by Gasteiger charge is 2.24. The van der Waals surface area contributed by atoms with E-state index >= 15 is 0 Å². The molecule has 0 radical (unpaired) electrons. The fraction of sp³-hybridized carbons (Fsp3) is 0.417. The Morgan fingerprint density at radius 3 is 2.62 bits per heavy atom.